The average Bonchev–Trinajstić information content (AvgIpc) is 2.82. The summed E-state index contributed by atoms with van der Waals surface area (Å²) in [7, 11) is -3.22. The van der Waals surface area contributed by atoms with Crippen LogP contribution in [0.3, 0.4) is 0 Å². The predicted molar refractivity (Wildman–Crippen MR) is 69.3 cm³/mol. The number of hydrogen-bond acceptors (Lipinski definition) is 3. The van der Waals surface area contributed by atoms with Gasteiger partial charge in [-0.1, -0.05) is 39.5 Å². The highest BCUT2D eigenvalue weighted by molar-refractivity contribution is 7.90. The first-order valence-corrected chi connectivity index (χ1v) is 8.22. The summed E-state index contributed by atoms with van der Waals surface area (Å²) in [6.07, 6.45) is 4.71. The summed E-state index contributed by atoms with van der Waals surface area (Å²) in [5.74, 6) is 0.182. The molecule has 102 valence electrons. The van der Waals surface area contributed by atoms with Gasteiger partial charge in [0.1, 0.15) is 0 Å². The van der Waals surface area contributed by atoms with Gasteiger partial charge in [-0.25, -0.2) is 13.1 Å². The van der Waals surface area contributed by atoms with Gasteiger partial charge in [0.05, 0.1) is 11.4 Å². The van der Waals surface area contributed by atoms with Gasteiger partial charge >= 0.3 is 0 Å². The molecule has 1 fully saturated rings. The lowest BCUT2D eigenvalue weighted by atomic mass is 9.97. The van der Waals surface area contributed by atoms with Crippen LogP contribution in [0.5, 0.6) is 0 Å². The zero-order chi connectivity index (χ0) is 12.9. The molecule has 17 heavy (non-hydrogen) atoms. The second-order valence-corrected chi connectivity index (χ2v) is 6.99. The third-order valence-corrected chi connectivity index (χ3v) is 5.75. The van der Waals surface area contributed by atoms with E-state index in [1.54, 1.807) is 0 Å². The summed E-state index contributed by atoms with van der Waals surface area (Å²) >= 11 is 0. The zero-order valence-electron chi connectivity index (χ0n) is 10.9. The molecule has 5 heteroatoms. The van der Waals surface area contributed by atoms with Gasteiger partial charge in [0, 0.05) is 6.54 Å². The second-order valence-electron chi connectivity index (χ2n) is 4.94. The van der Waals surface area contributed by atoms with Gasteiger partial charge in [0.2, 0.25) is 10.0 Å². The fourth-order valence-corrected chi connectivity index (χ4v) is 4.11. The minimum absolute atomic E-state index is 0.158. The van der Waals surface area contributed by atoms with Crippen LogP contribution in [0.2, 0.25) is 0 Å². The Labute approximate surface area is 105 Å². The lowest BCUT2D eigenvalue weighted by Gasteiger charge is -2.21. The monoisotopic (exact) mass is 263 g/mol. The molecule has 1 aliphatic carbocycles. The van der Waals surface area contributed by atoms with E-state index in [0.29, 0.717) is 0 Å². The van der Waals surface area contributed by atoms with Crippen molar-refractivity contribution in [2.24, 2.45) is 5.92 Å². The van der Waals surface area contributed by atoms with Crippen LogP contribution in [0.15, 0.2) is 0 Å². The number of nitrogens with one attached hydrogen (secondary N) is 1. The molecule has 0 saturated heterocycles. The SMILES string of the molecule is CCC(CC)C(O)CNS(=O)(=O)C1CCCC1. The molecule has 0 amide bonds. The van der Waals surface area contributed by atoms with Crippen molar-refractivity contribution in [3.63, 3.8) is 0 Å². The Balaban J connectivity index is 2.43. The maximum atomic E-state index is 11.9. The third-order valence-electron chi connectivity index (χ3n) is 3.83. The fourth-order valence-electron chi connectivity index (χ4n) is 2.52. The quantitative estimate of drug-likeness (QED) is 0.734. The Kier molecular flexibility index (Phi) is 5.89. The van der Waals surface area contributed by atoms with E-state index in [1.807, 2.05) is 13.8 Å². The maximum absolute atomic E-state index is 11.9. The molecule has 1 rings (SSSR count). The van der Waals surface area contributed by atoms with Crippen molar-refractivity contribution in [1.29, 1.82) is 0 Å². The maximum Gasteiger partial charge on any atom is 0.214 e. The highest BCUT2D eigenvalue weighted by Crippen LogP contribution is 2.24. The van der Waals surface area contributed by atoms with Crippen molar-refractivity contribution in [2.45, 2.75) is 63.7 Å². The van der Waals surface area contributed by atoms with Gasteiger partial charge in [-0.05, 0) is 18.8 Å². The van der Waals surface area contributed by atoms with E-state index in [-0.39, 0.29) is 17.7 Å². The van der Waals surface area contributed by atoms with Gasteiger partial charge < -0.3 is 5.11 Å². The molecule has 1 saturated carbocycles. The molecular formula is C12H25NO3S. The lowest BCUT2D eigenvalue weighted by molar-refractivity contribution is 0.107. The topological polar surface area (TPSA) is 66.4 Å². The van der Waals surface area contributed by atoms with E-state index in [0.717, 1.165) is 38.5 Å². The second kappa shape index (κ2) is 6.71. The van der Waals surface area contributed by atoms with E-state index in [4.69, 9.17) is 0 Å². The van der Waals surface area contributed by atoms with Crippen molar-refractivity contribution in [3.8, 4) is 0 Å². The molecule has 0 heterocycles. The Hall–Kier alpha value is -0.130. The van der Waals surface area contributed by atoms with Gasteiger partial charge in [-0.2, -0.15) is 0 Å². The lowest BCUT2D eigenvalue weighted by Crippen LogP contribution is -2.40. The van der Waals surface area contributed by atoms with Crippen molar-refractivity contribution in [3.05, 3.63) is 0 Å². The summed E-state index contributed by atoms with van der Waals surface area (Å²) < 4.78 is 26.4. The molecule has 2 N–H and O–H groups in total. The van der Waals surface area contributed by atoms with Crippen LogP contribution < -0.4 is 4.72 Å². The van der Waals surface area contributed by atoms with Crippen molar-refractivity contribution < 1.29 is 13.5 Å². The molecule has 0 spiro atoms. The first-order chi connectivity index (χ1) is 8.01. The molecule has 0 radical (unpaired) electrons. The predicted octanol–water partition coefficient (Wildman–Crippen LogP) is 1.65. The van der Waals surface area contributed by atoms with E-state index in [9.17, 15) is 13.5 Å². The number of aliphatic hydroxyl groups excluding tert-OH is 1. The molecule has 0 aliphatic heterocycles. The van der Waals surface area contributed by atoms with Crippen LogP contribution in [0.25, 0.3) is 0 Å². The molecule has 0 aromatic rings. The third kappa shape index (κ3) is 4.23. The largest absolute Gasteiger partial charge is 0.391 e. The standard InChI is InChI=1S/C12H25NO3S/c1-3-10(4-2)12(14)9-13-17(15,16)11-7-5-6-8-11/h10-14H,3-9H2,1-2H3. The van der Waals surface area contributed by atoms with Crippen LogP contribution >= 0.6 is 0 Å². The molecule has 0 bridgehead atoms. The highest BCUT2D eigenvalue weighted by atomic mass is 32.2. The summed E-state index contributed by atoms with van der Waals surface area (Å²) in [5, 5.41) is 9.65. The van der Waals surface area contributed by atoms with E-state index < -0.39 is 16.1 Å². The van der Waals surface area contributed by atoms with Gasteiger partial charge in [-0.15, -0.1) is 0 Å². The van der Waals surface area contributed by atoms with Crippen LogP contribution in [0, 0.1) is 5.92 Å². The fraction of sp³-hybridized carbons (Fsp3) is 1.00. The van der Waals surface area contributed by atoms with Crippen LogP contribution in [0.1, 0.15) is 52.4 Å². The Morgan fingerprint density at radius 3 is 2.24 bits per heavy atom. The summed E-state index contributed by atoms with van der Waals surface area (Å²) in [6, 6.07) is 0. The Morgan fingerprint density at radius 1 is 1.24 bits per heavy atom. The number of hydrogen-bond donors (Lipinski definition) is 2. The number of sulfonamides is 1. The van der Waals surface area contributed by atoms with Crippen molar-refractivity contribution >= 4 is 10.0 Å². The molecule has 0 aromatic carbocycles. The number of aliphatic hydroxyl groups is 1. The Morgan fingerprint density at radius 2 is 1.76 bits per heavy atom. The normalized spacial score (nSPS) is 20.0. The van der Waals surface area contributed by atoms with Gasteiger partial charge in [0.25, 0.3) is 0 Å². The molecule has 1 unspecified atom stereocenters. The molecule has 1 aliphatic rings. The summed E-state index contributed by atoms with van der Waals surface area (Å²) in [5.41, 5.74) is 0. The van der Waals surface area contributed by atoms with Gasteiger partial charge in [0.15, 0.2) is 0 Å². The molecule has 0 aromatic heterocycles. The van der Waals surface area contributed by atoms with Gasteiger partial charge in [-0.3, -0.25) is 0 Å². The average molecular weight is 263 g/mol. The minimum atomic E-state index is -3.22. The summed E-state index contributed by atoms with van der Waals surface area (Å²) in [4.78, 5) is 0. The van der Waals surface area contributed by atoms with Crippen molar-refractivity contribution in [2.75, 3.05) is 6.54 Å². The van der Waals surface area contributed by atoms with Crippen LogP contribution in [-0.2, 0) is 10.0 Å². The molecular weight excluding hydrogens is 238 g/mol. The molecule has 1 atom stereocenters. The highest BCUT2D eigenvalue weighted by Gasteiger charge is 2.29. The van der Waals surface area contributed by atoms with E-state index in [1.165, 1.54) is 0 Å². The summed E-state index contributed by atoms with van der Waals surface area (Å²) in [6.45, 7) is 4.19. The Bertz CT molecular complexity index is 306. The zero-order valence-corrected chi connectivity index (χ0v) is 11.7. The smallest absolute Gasteiger partial charge is 0.214 e. The van der Waals surface area contributed by atoms with Crippen molar-refractivity contribution in [1.82, 2.24) is 4.72 Å². The van der Waals surface area contributed by atoms with Crippen LogP contribution in [-0.4, -0.2) is 31.4 Å². The molecule has 4 nitrogen and oxygen atoms in total. The van der Waals surface area contributed by atoms with E-state index in [2.05, 4.69) is 4.72 Å². The first-order valence-electron chi connectivity index (χ1n) is 6.67. The van der Waals surface area contributed by atoms with E-state index >= 15 is 0 Å². The minimum Gasteiger partial charge on any atom is -0.391 e. The number of rotatable bonds is 7. The van der Waals surface area contributed by atoms with Crippen LogP contribution in [0.4, 0.5) is 0 Å². The first kappa shape index (κ1) is 14.9.